The van der Waals surface area contributed by atoms with Gasteiger partial charge in [0.15, 0.2) is 0 Å². The molecule has 4 rings (SSSR count). The van der Waals surface area contributed by atoms with Gasteiger partial charge in [0.25, 0.3) is 0 Å². The van der Waals surface area contributed by atoms with Crippen molar-refractivity contribution in [3.63, 3.8) is 0 Å². The van der Waals surface area contributed by atoms with E-state index in [1.165, 1.54) is 17.5 Å². The number of aryl methyl sites for hydroxylation is 1. The first-order valence-corrected chi connectivity index (χ1v) is 8.05. The highest BCUT2D eigenvalue weighted by Gasteiger charge is 2.20. The smallest absolute Gasteiger partial charge is 0.0732 e. The zero-order valence-electron chi connectivity index (χ0n) is 13.5. The second-order valence-electron chi connectivity index (χ2n) is 6.41. The minimum absolute atomic E-state index is 0.511. The Labute approximate surface area is 135 Å². The molecule has 5 nitrogen and oxygen atoms in total. The number of anilines is 1. The van der Waals surface area contributed by atoms with Crippen LogP contribution in [0.25, 0.3) is 22.2 Å². The maximum Gasteiger partial charge on any atom is 0.0732 e. The molecule has 1 aromatic carbocycles. The van der Waals surface area contributed by atoms with Crippen LogP contribution < -0.4 is 5.32 Å². The highest BCUT2D eigenvalue weighted by molar-refractivity contribution is 5.94. The van der Waals surface area contributed by atoms with Gasteiger partial charge in [0, 0.05) is 41.1 Å². The number of likely N-dealkylation sites (tertiary alicyclic amines) is 1. The van der Waals surface area contributed by atoms with Crippen LogP contribution in [0.2, 0.25) is 0 Å². The lowest BCUT2D eigenvalue weighted by Gasteiger charge is -2.17. The van der Waals surface area contributed by atoms with E-state index in [0.717, 1.165) is 35.6 Å². The number of pyridine rings is 1. The number of benzene rings is 1. The lowest BCUT2D eigenvalue weighted by molar-refractivity contribution is 0.414. The molecule has 1 aliphatic heterocycles. The molecule has 118 valence electrons. The number of rotatable bonds is 3. The highest BCUT2D eigenvalue weighted by Crippen LogP contribution is 2.28. The van der Waals surface area contributed by atoms with E-state index in [4.69, 9.17) is 4.98 Å². The minimum atomic E-state index is 0.511. The summed E-state index contributed by atoms with van der Waals surface area (Å²) in [4.78, 5) is 7.08. The number of hydrogen-bond donors (Lipinski definition) is 2. The fourth-order valence-electron chi connectivity index (χ4n) is 3.34. The van der Waals surface area contributed by atoms with E-state index >= 15 is 0 Å². The number of hydrogen-bond acceptors (Lipinski definition) is 4. The van der Waals surface area contributed by atoms with Gasteiger partial charge in [-0.25, -0.2) is 0 Å². The van der Waals surface area contributed by atoms with Crippen LogP contribution in [0.1, 0.15) is 12.1 Å². The van der Waals surface area contributed by atoms with Crippen LogP contribution in [0.3, 0.4) is 0 Å². The van der Waals surface area contributed by atoms with Gasteiger partial charge in [-0.3, -0.25) is 10.1 Å². The first kappa shape index (κ1) is 14.2. The Kier molecular flexibility index (Phi) is 3.50. The predicted octanol–water partition coefficient (Wildman–Crippen LogP) is 3.05. The Morgan fingerprint density at radius 3 is 2.91 bits per heavy atom. The molecule has 0 aliphatic carbocycles. The molecule has 3 heterocycles. The molecule has 2 N–H and O–H groups in total. The van der Waals surface area contributed by atoms with Gasteiger partial charge in [0.1, 0.15) is 0 Å². The molecule has 0 spiro atoms. The van der Waals surface area contributed by atoms with Crippen molar-refractivity contribution in [1.29, 1.82) is 0 Å². The highest BCUT2D eigenvalue weighted by atomic mass is 15.2. The summed E-state index contributed by atoms with van der Waals surface area (Å²) in [6.45, 7) is 4.30. The maximum absolute atomic E-state index is 4.71. The SMILES string of the molecule is Cc1cc(N[C@@H]2CCN(C)C2)c2ccc(-c3ccn[nH]3)cc2n1. The Bertz CT molecular complexity index is 825. The number of likely N-dealkylation sites (N-methyl/N-ethyl adjacent to an activating group) is 1. The zero-order valence-corrected chi connectivity index (χ0v) is 13.5. The van der Waals surface area contributed by atoms with Gasteiger partial charge in [-0.05, 0) is 45.1 Å². The number of H-pyrrole nitrogens is 1. The van der Waals surface area contributed by atoms with Crippen molar-refractivity contribution in [2.45, 2.75) is 19.4 Å². The largest absolute Gasteiger partial charge is 0.380 e. The second-order valence-corrected chi connectivity index (χ2v) is 6.41. The van der Waals surface area contributed by atoms with E-state index in [-0.39, 0.29) is 0 Å². The van der Waals surface area contributed by atoms with Crippen molar-refractivity contribution < 1.29 is 0 Å². The van der Waals surface area contributed by atoms with Crippen molar-refractivity contribution >= 4 is 16.6 Å². The molecule has 23 heavy (non-hydrogen) atoms. The maximum atomic E-state index is 4.71. The van der Waals surface area contributed by atoms with Crippen LogP contribution in [-0.4, -0.2) is 46.3 Å². The first-order valence-electron chi connectivity index (χ1n) is 8.05. The Morgan fingerprint density at radius 1 is 1.26 bits per heavy atom. The average Bonchev–Trinajstić information content (AvgIpc) is 3.18. The molecule has 0 bridgehead atoms. The van der Waals surface area contributed by atoms with E-state index in [2.05, 4.69) is 51.7 Å². The molecule has 1 atom stereocenters. The summed E-state index contributed by atoms with van der Waals surface area (Å²) >= 11 is 0. The normalized spacial score (nSPS) is 18.6. The van der Waals surface area contributed by atoms with Crippen molar-refractivity contribution in [1.82, 2.24) is 20.1 Å². The number of aromatic amines is 1. The summed E-state index contributed by atoms with van der Waals surface area (Å²) in [5.41, 5.74) is 5.37. The molecule has 1 aliphatic rings. The van der Waals surface area contributed by atoms with Crippen LogP contribution in [0.5, 0.6) is 0 Å². The number of nitrogens with one attached hydrogen (secondary N) is 2. The van der Waals surface area contributed by atoms with Gasteiger partial charge in [0.2, 0.25) is 0 Å². The zero-order chi connectivity index (χ0) is 15.8. The van der Waals surface area contributed by atoms with Crippen LogP contribution >= 0.6 is 0 Å². The van der Waals surface area contributed by atoms with Crippen molar-refractivity contribution in [2.24, 2.45) is 0 Å². The minimum Gasteiger partial charge on any atom is -0.380 e. The van der Waals surface area contributed by atoms with Gasteiger partial charge in [0.05, 0.1) is 11.2 Å². The Morgan fingerprint density at radius 2 is 2.17 bits per heavy atom. The average molecular weight is 307 g/mol. The Hall–Kier alpha value is -2.40. The summed E-state index contributed by atoms with van der Waals surface area (Å²) in [6.07, 6.45) is 2.96. The molecule has 5 heteroatoms. The quantitative estimate of drug-likeness (QED) is 0.781. The van der Waals surface area contributed by atoms with E-state index in [0.29, 0.717) is 6.04 Å². The summed E-state index contributed by atoms with van der Waals surface area (Å²) in [5.74, 6) is 0. The van der Waals surface area contributed by atoms with Crippen molar-refractivity contribution in [3.05, 3.63) is 42.2 Å². The first-order chi connectivity index (χ1) is 11.2. The van der Waals surface area contributed by atoms with Gasteiger partial charge in [-0.1, -0.05) is 12.1 Å². The lowest BCUT2D eigenvalue weighted by atomic mass is 10.1. The second kappa shape index (κ2) is 5.66. The van der Waals surface area contributed by atoms with Crippen LogP contribution in [0.4, 0.5) is 5.69 Å². The molecule has 0 radical (unpaired) electrons. The summed E-state index contributed by atoms with van der Waals surface area (Å²) < 4.78 is 0. The van der Waals surface area contributed by atoms with Crippen LogP contribution in [0.15, 0.2) is 36.5 Å². The molecule has 0 amide bonds. The fourth-order valence-corrected chi connectivity index (χ4v) is 3.34. The molecule has 2 aromatic heterocycles. The van der Waals surface area contributed by atoms with Gasteiger partial charge < -0.3 is 10.2 Å². The Balaban J connectivity index is 1.73. The van der Waals surface area contributed by atoms with Crippen LogP contribution in [0, 0.1) is 6.92 Å². The van der Waals surface area contributed by atoms with E-state index in [1.807, 2.05) is 13.0 Å². The molecule has 3 aromatic rings. The van der Waals surface area contributed by atoms with E-state index in [9.17, 15) is 0 Å². The summed E-state index contributed by atoms with van der Waals surface area (Å²) in [7, 11) is 2.17. The number of nitrogens with zero attached hydrogens (tertiary/aromatic N) is 3. The molecule has 1 saturated heterocycles. The molecule has 0 saturated carbocycles. The van der Waals surface area contributed by atoms with Crippen molar-refractivity contribution in [3.8, 4) is 11.3 Å². The molecular formula is C18H21N5. The summed E-state index contributed by atoms with van der Waals surface area (Å²) in [5, 5.41) is 11.9. The standard InChI is InChI=1S/C18H21N5/c1-12-9-17(21-14-6-8-23(2)11-14)15-4-3-13(10-18(15)20-12)16-5-7-19-22-16/h3-5,7,9-10,14H,6,8,11H2,1-2H3,(H,19,22)(H,20,21)/t14-/m1/s1. The van der Waals surface area contributed by atoms with Gasteiger partial charge in [-0.2, -0.15) is 5.10 Å². The van der Waals surface area contributed by atoms with Crippen LogP contribution in [-0.2, 0) is 0 Å². The third kappa shape index (κ3) is 2.80. The van der Waals surface area contributed by atoms with Gasteiger partial charge in [-0.15, -0.1) is 0 Å². The number of aromatic nitrogens is 3. The molecule has 0 unspecified atom stereocenters. The van der Waals surface area contributed by atoms with Crippen molar-refractivity contribution in [2.75, 3.05) is 25.5 Å². The molecule has 1 fully saturated rings. The van der Waals surface area contributed by atoms with E-state index in [1.54, 1.807) is 6.20 Å². The lowest BCUT2D eigenvalue weighted by Crippen LogP contribution is -2.23. The molecular weight excluding hydrogens is 286 g/mol. The summed E-state index contributed by atoms with van der Waals surface area (Å²) in [6, 6.07) is 11.0. The third-order valence-corrected chi connectivity index (χ3v) is 4.50. The topological polar surface area (TPSA) is 56.8 Å². The van der Waals surface area contributed by atoms with E-state index < -0.39 is 0 Å². The number of fused-ring (bicyclic) bond motifs is 1. The predicted molar refractivity (Wildman–Crippen MR) is 93.6 cm³/mol. The monoisotopic (exact) mass is 307 g/mol. The third-order valence-electron chi connectivity index (χ3n) is 4.50. The fraction of sp³-hybridized carbons (Fsp3) is 0.333. The van der Waals surface area contributed by atoms with Gasteiger partial charge >= 0.3 is 0 Å².